The molecule has 0 fully saturated rings. The zero-order chi connectivity index (χ0) is 22.5. The SMILES string of the molecule is CCCCCOc1ccc(-c2nc3s/c(=C\c4ccc(OC(C)=O)cc4)c(=O)n3n2)cc1. The van der Waals surface area contributed by atoms with Gasteiger partial charge in [0.1, 0.15) is 11.5 Å². The molecule has 0 aliphatic heterocycles. The van der Waals surface area contributed by atoms with Crippen molar-refractivity contribution in [3.63, 3.8) is 0 Å². The van der Waals surface area contributed by atoms with Crippen LogP contribution in [0.5, 0.6) is 11.5 Å². The highest BCUT2D eigenvalue weighted by atomic mass is 32.1. The number of rotatable bonds is 8. The lowest BCUT2D eigenvalue weighted by molar-refractivity contribution is -0.131. The Labute approximate surface area is 188 Å². The van der Waals surface area contributed by atoms with Crippen molar-refractivity contribution in [2.24, 2.45) is 0 Å². The van der Waals surface area contributed by atoms with Crippen LogP contribution in [0.4, 0.5) is 0 Å². The second-order valence-corrected chi connectivity index (χ2v) is 8.30. The number of carbonyl (C=O) groups is 1. The van der Waals surface area contributed by atoms with E-state index in [4.69, 9.17) is 9.47 Å². The van der Waals surface area contributed by atoms with Crippen LogP contribution in [-0.4, -0.2) is 27.2 Å². The van der Waals surface area contributed by atoms with E-state index >= 15 is 0 Å². The van der Waals surface area contributed by atoms with Crippen LogP contribution in [0.1, 0.15) is 38.7 Å². The molecule has 0 amide bonds. The molecule has 8 heteroatoms. The summed E-state index contributed by atoms with van der Waals surface area (Å²) in [5, 5.41) is 4.39. The molecule has 0 aliphatic rings. The molecular weight excluding hydrogens is 426 g/mol. The highest BCUT2D eigenvalue weighted by Gasteiger charge is 2.12. The van der Waals surface area contributed by atoms with Gasteiger partial charge in [-0.1, -0.05) is 43.2 Å². The summed E-state index contributed by atoms with van der Waals surface area (Å²) in [6.45, 7) is 4.22. The van der Waals surface area contributed by atoms with Crippen molar-refractivity contribution >= 4 is 28.3 Å². The van der Waals surface area contributed by atoms with Crippen molar-refractivity contribution in [2.45, 2.75) is 33.1 Å². The van der Waals surface area contributed by atoms with Crippen molar-refractivity contribution < 1.29 is 14.3 Å². The van der Waals surface area contributed by atoms with Crippen molar-refractivity contribution in [2.75, 3.05) is 6.61 Å². The number of unbranched alkanes of at least 4 members (excludes halogenated alkanes) is 2. The lowest BCUT2D eigenvalue weighted by Crippen LogP contribution is -2.23. The number of hydrogen-bond donors (Lipinski definition) is 0. The molecular formula is C24H23N3O4S. The molecule has 2 aromatic heterocycles. The number of ether oxygens (including phenoxy) is 2. The van der Waals surface area contributed by atoms with Gasteiger partial charge >= 0.3 is 5.97 Å². The Hall–Kier alpha value is -3.52. The van der Waals surface area contributed by atoms with Crippen LogP contribution in [0.3, 0.4) is 0 Å². The Morgan fingerprint density at radius 2 is 1.78 bits per heavy atom. The van der Waals surface area contributed by atoms with Gasteiger partial charge in [-0.15, -0.1) is 5.10 Å². The summed E-state index contributed by atoms with van der Waals surface area (Å²) in [5.41, 5.74) is 1.42. The predicted molar refractivity (Wildman–Crippen MR) is 124 cm³/mol. The highest BCUT2D eigenvalue weighted by molar-refractivity contribution is 7.15. The molecule has 0 N–H and O–H groups in total. The van der Waals surface area contributed by atoms with E-state index in [0.29, 0.717) is 27.7 Å². The predicted octanol–water partition coefficient (Wildman–Crippen LogP) is 3.86. The summed E-state index contributed by atoms with van der Waals surface area (Å²) < 4.78 is 12.6. The van der Waals surface area contributed by atoms with E-state index in [1.54, 1.807) is 30.3 Å². The Balaban J connectivity index is 1.52. The first-order valence-corrected chi connectivity index (χ1v) is 11.3. The van der Waals surface area contributed by atoms with Gasteiger partial charge in [-0.05, 0) is 54.5 Å². The smallest absolute Gasteiger partial charge is 0.308 e. The maximum absolute atomic E-state index is 12.8. The quantitative estimate of drug-likeness (QED) is 0.231. The third kappa shape index (κ3) is 5.03. The molecule has 4 aromatic rings. The van der Waals surface area contributed by atoms with Gasteiger partial charge < -0.3 is 9.47 Å². The molecule has 0 aliphatic carbocycles. The van der Waals surface area contributed by atoms with Gasteiger partial charge in [-0.25, -0.2) is 0 Å². The molecule has 2 aromatic carbocycles. The minimum absolute atomic E-state index is 0.219. The number of hydrogen-bond acceptors (Lipinski definition) is 7. The molecule has 0 spiro atoms. The summed E-state index contributed by atoms with van der Waals surface area (Å²) in [7, 11) is 0. The van der Waals surface area contributed by atoms with Crippen LogP contribution in [0.15, 0.2) is 53.3 Å². The standard InChI is InChI=1S/C24H23N3O4S/c1-3-4-5-14-30-19-12-8-18(9-13-19)22-25-24-27(26-22)23(29)21(32-24)15-17-6-10-20(11-7-17)31-16(2)28/h6-13,15H,3-5,14H2,1-2H3/b21-15-. The Morgan fingerprint density at radius 3 is 2.44 bits per heavy atom. The second-order valence-electron chi connectivity index (χ2n) is 7.29. The highest BCUT2D eigenvalue weighted by Crippen LogP contribution is 2.21. The first kappa shape index (κ1) is 21.7. The van der Waals surface area contributed by atoms with E-state index < -0.39 is 0 Å². The summed E-state index contributed by atoms with van der Waals surface area (Å²) in [5.74, 6) is 1.40. The number of esters is 1. The Bertz CT molecular complexity index is 1320. The average molecular weight is 450 g/mol. The average Bonchev–Trinajstić information content (AvgIpc) is 3.32. The minimum atomic E-state index is -0.376. The molecule has 4 rings (SSSR count). The molecule has 7 nitrogen and oxygen atoms in total. The first-order chi connectivity index (χ1) is 15.5. The van der Waals surface area contributed by atoms with Gasteiger partial charge in [0.05, 0.1) is 11.1 Å². The number of benzene rings is 2. The number of fused-ring (bicyclic) bond motifs is 1. The van der Waals surface area contributed by atoms with Gasteiger partial charge in [0.25, 0.3) is 5.56 Å². The molecule has 0 saturated heterocycles. The van der Waals surface area contributed by atoms with E-state index in [9.17, 15) is 9.59 Å². The minimum Gasteiger partial charge on any atom is -0.494 e. The van der Waals surface area contributed by atoms with E-state index in [2.05, 4.69) is 17.0 Å². The number of nitrogens with zero attached hydrogens (tertiary/aromatic N) is 3. The zero-order valence-corrected chi connectivity index (χ0v) is 18.7. The van der Waals surface area contributed by atoms with E-state index in [1.165, 1.54) is 22.8 Å². The summed E-state index contributed by atoms with van der Waals surface area (Å²) in [6.07, 6.45) is 5.13. The maximum Gasteiger partial charge on any atom is 0.308 e. The lowest BCUT2D eigenvalue weighted by atomic mass is 10.2. The Morgan fingerprint density at radius 1 is 1.06 bits per heavy atom. The molecule has 2 heterocycles. The van der Waals surface area contributed by atoms with Gasteiger partial charge in [-0.3, -0.25) is 9.59 Å². The van der Waals surface area contributed by atoms with Crippen LogP contribution in [-0.2, 0) is 4.79 Å². The molecule has 0 saturated carbocycles. The van der Waals surface area contributed by atoms with Crippen molar-refractivity contribution in [3.05, 3.63) is 69.0 Å². The van der Waals surface area contributed by atoms with Crippen LogP contribution in [0.2, 0.25) is 0 Å². The third-order valence-electron chi connectivity index (χ3n) is 4.75. The van der Waals surface area contributed by atoms with Gasteiger partial charge in [0.2, 0.25) is 4.96 Å². The van der Waals surface area contributed by atoms with Crippen molar-refractivity contribution in [1.29, 1.82) is 0 Å². The van der Waals surface area contributed by atoms with Crippen molar-refractivity contribution in [3.8, 4) is 22.9 Å². The molecule has 0 radical (unpaired) electrons. The summed E-state index contributed by atoms with van der Waals surface area (Å²) in [6, 6.07) is 14.5. The fourth-order valence-corrected chi connectivity index (χ4v) is 4.06. The first-order valence-electron chi connectivity index (χ1n) is 10.5. The fourth-order valence-electron chi connectivity index (χ4n) is 3.15. The van der Waals surface area contributed by atoms with Crippen LogP contribution in [0.25, 0.3) is 22.4 Å². The zero-order valence-electron chi connectivity index (χ0n) is 17.9. The second kappa shape index (κ2) is 9.74. The van der Waals surface area contributed by atoms with Gasteiger partial charge in [-0.2, -0.15) is 9.50 Å². The van der Waals surface area contributed by atoms with Gasteiger partial charge in [0, 0.05) is 12.5 Å². The molecule has 32 heavy (non-hydrogen) atoms. The topological polar surface area (TPSA) is 82.8 Å². The number of aromatic nitrogens is 3. The fraction of sp³-hybridized carbons (Fsp3) is 0.250. The van der Waals surface area contributed by atoms with E-state index in [0.717, 1.165) is 36.1 Å². The lowest BCUT2D eigenvalue weighted by Gasteiger charge is -2.05. The van der Waals surface area contributed by atoms with Crippen LogP contribution >= 0.6 is 11.3 Å². The maximum atomic E-state index is 12.8. The third-order valence-corrected chi connectivity index (χ3v) is 5.71. The molecule has 164 valence electrons. The van der Waals surface area contributed by atoms with Gasteiger partial charge in [0.15, 0.2) is 5.82 Å². The van der Waals surface area contributed by atoms with Crippen LogP contribution < -0.4 is 19.6 Å². The Kier molecular flexibility index (Phi) is 6.61. The van der Waals surface area contributed by atoms with Crippen LogP contribution in [0, 0.1) is 0 Å². The summed E-state index contributed by atoms with van der Waals surface area (Å²) in [4.78, 5) is 28.8. The number of carbonyl (C=O) groups excluding carboxylic acids is 1. The van der Waals surface area contributed by atoms with E-state index in [-0.39, 0.29) is 11.5 Å². The monoisotopic (exact) mass is 449 g/mol. The molecule has 0 unspecified atom stereocenters. The normalized spacial score (nSPS) is 11.8. The molecule has 0 bridgehead atoms. The van der Waals surface area contributed by atoms with Crippen molar-refractivity contribution in [1.82, 2.24) is 14.6 Å². The summed E-state index contributed by atoms with van der Waals surface area (Å²) >= 11 is 1.28. The molecule has 0 atom stereocenters. The number of thiazole rings is 1. The largest absolute Gasteiger partial charge is 0.494 e. The van der Waals surface area contributed by atoms with E-state index in [1.807, 2.05) is 24.3 Å².